The Labute approximate surface area is 164 Å². The number of hydrogen-bond donors (Lipinski definition) is 2. The largest absolute Gasteiger partial charge is 0.356 e. The van der Waals surface area contributed by atoms with E-state index in [4.69, 9.17) is 0 Å². The summed E-state index contributed by atoms with van der Waals surface area (Å²) < 4.78 is 22.9. The van der Waals surface area contributed by atoms with Gasteiger partial charge in [0.05, 0.1) is 11.5 Å². The van der Waals surface area contributed by atoms with Gasteiger partial charge in [-0.15, -0.1) is 24.0 Å². The highest BCUT2D eigenvalue weighted by Gasteiger charge is 2.27. The van der Waals surface area contributed by atoms with E-state index in [-0.39, 0.29) is 29.9 Å². The maximum Gasteiger partial charge on any atom is 0.190 e. The quantitative estimate of drug-likeness (QED) is 0.264. The highest BCUT2D eigenvalue weighted by molar-refractivity contribution is 14.0. The van der Waals surface area contributed by atoms with E-state index in [1.165, 1.54) is 25.9 Å². The Hall–Kier alpha value is -0.0900. The summed E-state index contributed by atoms with van der Waals surface area (Å²) in [5.74, 6) is 2.52. The van der Waals surface area contributed by atoms with Crippen LogP contribution >= 0.6 is 24.0 Å². The minimum Gasteiger partial charge on any atom is -0.356 e. The molecule has 24 heavy (non-hydrogen) atoms. The SMILES string of the molecule is CN=C(NCCCN1CCC(C)CC1)NCC1CCS(=O)(=O)C1.I. The molecule has 0 amide bonds. The van der Waals surface area contributed by atoms with Gasteiger partial charge in [0, 0.05) is 20.1 Å². The van der Waals surface area contributed by atoms with Crippen LogP contribution in [0.15, 0.2) is 4.99 Å². The fourth-order valence-corrected chi connectivity index (χ4v) is 5.15. The van der Waals surface area contributed by atoms with Crippen LogP contribution in [0, 0.1) is 11.8 Å². The summed E-state index contributed by atoms with van der Waals surface area (Å²) in [6.07, 6.45) is 4.51. The first kappa shape index (κ1) is 22.0. The molecule has 2 aliphatic rings. The predicted octanol–water partition coefficient (Wildman–Crippen LogP) is 1.33. The van der Waals surface area contributed by atoms with Crippen LogP contribution in [0.4, 0.5) is 0 Å². The summed E-state index contributed by atoms with van der Waals surface area (Å²) in [5.41, 5.74) is 0. The maximum absolute atomic E-state index is 11.5. The van der Waals surface area contributed by atoms with Crippen molar-refractivity contribution in [3.63, 3.8) is 0 Å². The second-order valence-corrected chi connectivity index (χ2v) is 9.26. The van der Waals surface area contributed by atoms with E-state index < -0.39 is 9.84 Å². The highest BCUT2D eigenvalue weighted by Crippen LogP contribution is 2.17. The molecule has 0 bridgehead atoms. The second-order valence-electron chi connectivity index (χ2n) is 7.03. The molecule has 0 spiro atoms. The van der Waals surface area contributed by atoms with Crippen molar-refractivity contribution >= 4 is 39.8 Å². The minimum atomic E-state index is -2.79. The lowest BCUT2D eigenvalue weighted by Crippen LogP contribution is -2.41. The molecule has 2 aliphatic heterocycles. The van der Waals surface area contributed by atoms with Gasteiger partial charge < -0.3 is 15.5 Å². The smallest absolute Gasteiger partial charge is 0.190 e. The van der Waals surface area contributed by atoms with Crippen molar-refractivity contribution in [1.82, 2.24) is 15.5 Å². The number of piperidine rings is 1. The van der Waals surface area contributed by atoms with Crippen LogP contribution in [-0.2, 0) is 9.84 Å². The number of rotatable bonds is 6. The van der Waals surface area contributed by atoms with E-state index in [0.29, 0.717) is 18.1 Å². The Morgan fingerprint density at radius 1 is 1.21 bits per heavy atom. The van der Waals surface area contributed by atoms with Crippen molar-refractivity contribution in [2.24, 2.45) is 16.8 Å². The molecule has 2 N–H and O–H groups in total. The Balaban J connectivity index is 0.00000288. The van der Waals surface area contributed by atoms with E-state index in [2.05, 4.69) is 27.4 Å². The van der Waals surface area contributed by atoms with Crippen molar-refractivity contribution in [2.45, 2.75) is 32.6 Å². The lowest BCUT2D eigenvalue weighted by molar-refractivity contribution is 0.191. The molecule has 2 saturated heterocycles. The van der Waals surface area contributed by atoms with Gasteiger partial charge in [-0.25, -0.2) is 8.42 Å². The molecule has 0 aromatic rings. The van der Waals surface area contributed by atoms with Crippen LogP contribution in [0.1, 0.15) is 32.6 Å². The van der Waals surface area contributed by atoms with Crippen molar-refractivity contribution in [1.29, 1.82) is 0 Å². The summed E-state index contributed by atoms with van der Waals surface area (Å²) >= 11 is 0. The molecule has 6 nitrogen and oxygen atoms in total. The van der Waals surface area contributed by atoms with Gasteiger partial charge in [-0.05, 0) is 57.2 Å². The summed E-state index contributed by atoms with van der Waals surface area (Å²) in [4.78, 5) is 6.75. The number of nitrogens with one attached hydrogen (secondary N) is 2. The standard InChI is InChI=1S/C16H32N4O2S.HI/c1-14-4-9-20(10-5-14)8-3-7-18-16(17-2)19-12-15-6-11-23(21,22)13-15;/h14-15H,3-13H2,1-2H3,(H2,17,18,19);1H. The first-order valence-corrected chi connectivity index (χ1v) is 10.7. The fraction of sp³-hybridized carbons (Fsp3) is 0.938. The molecule has 2 fully saturated rings. The molecular weight excluding hydrogens is 439 g/mol. The van der Waals surface area contributed by atoms with Gasteiger partial charge in [-0.1, -0.05) is 6.92 Å². The second kappa shape index (κ2) is 10.8. The van der Waals surface area contributed by atoms with Crippen molar-refractivity contribution in [2.75, 3.05) is 51.3 Å². The molecule has 1 unspecified atom stereocenters. The first-order valence-electron chi connectivity index (χ1n) is 8.86. The van der Waals surface area contributed by atoms with E-state index in [0.717, 1.165) is 37.8 Å². The third kappa shape index (κ3) is 7.86. The summed E-state index contributed by atoms with van der Waals surface area (Å²) in [6, 6.07) is 0. The normalized spacial score (nSPS) is 25.2. The van der Waals surface area contributed by atoms with Crippen LogP contribution in [-0.4, -0.2) is 70.6 Å². The van der Waals surface area contributed by atoms with Gasteiger partial charge in [0.15, 0.2) is 15.8 Å². The molecule has 0 aliphatic carbocycles. The Morgan fingerprint density at radius 2 is 1.92 bits per heavy atom. The lowest BCUT2D eigenvalue weighted by Gasteiger charge is -2.30. The number of likely N-dealkylation sites (tertiary alicyclic amines) is 1. The van der Waals surface area contributed by atoms with Crippen molar-refractivity contribution in [3.05, 3.63) is 0 Å². The number of sulfone groups is 1. The van der Waals surface area contributed by atoms with E-state index >= 15 is 0 Å². The third-order valence-electron chi connectivity index (χ3n) is 4.93. The zero-order valence-corrected chi connectivity index (χ0v) is 18.1. The molecule has 2 rings (SSSR count). The maximum atomic E-state index is 11.5. The van der Waals surface area contributed by atoms with Gasteiger partial charge >= 0.3 is 0 Å². The van der Waals surface area contributed by atoms with Crippen LogP contribution in [0.3, 0.4) is 0 Å². The minimum absolute atomic E-state index is 0. The number of aliphatic imine (C=N–C) groups is 1. The van der Waals surface area contributed by atoms with Crippen LogP contribution < -0.4 is 10.6 Å². The molecule has 0 aromatic carbocycles. The average Bonchev–Trinajstić information content (AvgIpc) is 2.87. The highest BCUT2D eigenvalue weighted by atomic mass is 127. The van der Waals surface area contributed by atoms with E-state index in [1.54, 1.807) is 7.05 Å². The number of guanidine groups is 1. The molecule has 0 saturated carbocycles. The Kier molecular flexibility index (Phi) is 9.88. The first-order chi connectivity index (χ1) is 11.0. The van der Waals surface area contributed by atoms with Gasteiger partial charge in [-0.3, -0.25) is 4.99 Å². The number of nitrogens with zero attached hydrogens (tertiary/aromatic N) is 2. The van der Waals surface area contributed by atoms with Crippen LogP contribution in [0.2, 0.25) is 0 Å². The topological polar surface area (TPSA) is 73.8 Å². The van der Waals surface area contributed by atoms with Gasteiger partial charge in [0.1, 0.15) is 0 Å². The third-order valence-corrected chi connectivity index (χ3v) is 6.77. The van der Waals surface area contributed by atoms with Gasteiger partial charge in [0.2, 0.25) is 0 Å². The predicted molar refractivity (Wildman–Crippen MR) is 111 cm³/mol. The molecule has 1 atom stereocenters. The molecule has 8 heteroatoms. The average molecular weight is 472 g/mol. The zero-order chi connectivity index (χ0) is 16.7. The molecular formula is C16H33IN4O2S. The van der Waals surface area contributed by atoms with Gasteiger partial charge in [0.25, 0.3) is 0 Å². The summed E-state index contributed by atoms with van der Waals surface area (Å²) in [7, 11) is -1.04. The Morgan fingerprint density at radius 3 is 2.50 bits per heavy atom. The zero-order valence-electron chi connectivity index (χ0n) is 15.0. The number of halogens is 1. The van der Waals surface area contributed by atoms with Crippen LogP contribution in [0.5, 0.6) is 0 Å². The van der Waals surface area contributed by atoms with Gasteiger partial charge in [-0.2, -0.15) is 0 Å². The van der Waals surface area contributed by atoms with Crippen molar-refractivity contribution < 1.29 is 8.42 Å². The molecule has 2 heterocycles. The monoisotopic (exact) mass is 472 g/mol. The summed E-state index contributed by atoms with van der Waals surface area (Å²) in [5, 5.41) is 6.58. The van der Waals surface area contributed by atoms with Crippen LogP contribution in [0.25, 0.3) is 0 Å². The molecule has 0 aromatic heterocycles. The molecule has 142 valence electrons. The lowest BCUT2D eigenvalue weighted by atomic mass is 9.99. The number of hydrogen-bond acceptors (Lipinski definition) is 4. The molecule has 0 radical (unpaired) electrons. The van der Waals surface area contributed by atoms with E-state index in [9.17, 15) is 8.42 Å². The van der Waals surface area contributed by atoms with Crippen molar-refractivity contribution in [3.8, 4) is 0 Å². The van der Waals surface area contributed by atoms with E-state index in [1.807, 2.05) is 0 Å². The summed E-state index contributed by atoms with van der Waals surface area (Å²) in [6.45, 7) is 7.51. The Bertz CT molecular complexity index is 490. The fourth-order valence-electron chi connectivity index (χ4n) is 3.29.